The van der Waals surface area contributed by atoms with Crippen LogP contribution in [-0.2, 0) is 24.4 Å². The highest BCUT2D eigenvalue weighted by atomic mass is 32.2. The molecule has 1 fully saturated rings. The maximum absolute atomic E-state index is 12.9. The van der Waals surface area contributed by atoms with Crippen LogP contribution in [0.1, 0.15) is 11.1 Å². The Morgan fingerprint density at radius 2 is 2.00 bits per heavy atom. The third kappa shape index (κ3) is 5.66. The number of nitrogens with one attached hydrogen (secondary N) is 1. The lowest BCUT2D eigenvalue weighted by molar-refractivity contribution is -0.385. The molecule has 1 N–H and O–H groups in total. The number of carbonyl (C=O) groups excluding carboxylic acids is 1. The lowest BCUT2D eigenvalue weighted by Crippen LogP contribution is -2.40. The molecule has 12 heteroatoms. The SMILES string of the molecule is Cc1ccc(NC(=O)CO/N=C/c2ccccc2[N+](=O)[O-])cc1S(=O)(=O)N1CCOCC1. The van der Waals surface area contributed by atoms with Gasteiger partial charge in [0, 0.05) is 24.8 Å². The predicted molar refractivity (Wildman–Crippen MR) is 116 cm³/mol. The van der Waals surface area contributed by atoms with Crippen molar-refractivity contribution in [3.63, 3.8) is 0 Å². The third-order valence-electron chi connectivity index (χ3n) is 4.66. The molecule has 0 unspecified atom stereocenters. The second-order valence-electron chi connectivity index (χ2n) is 6.87. The summed E-state index contributed by atoms with van der Waals surface area (Å²) in [6.07, 6.45) is 1.14. The number of amides is 1. The number of carbonyl (C=O) groups is 1. The first kappa shape index (κ1) is 23.3. The van der Waals surface area contributed by atoms with Gasteiger partial charge in [0.2, 0.25) is 10.0 Å². The Bertz CT molecular complexity index is 1130. The van der Waals surface area contributed by atoms with Gasteiger partial charge in [0.15, 0.2) is 6.61 Å². The Kier molecular flexibility index (Phi) is 7.51. The highest BCUT2D eigenvalue weighted by molar-refractivity contribution is 7.89. The molecule has 170 valence electrons. The zero-order valence-electron chi connectivity index (χ0n) is 17.3. The van der Waals surface area contributed by atoms with E-state index in [0.29, 0.717) is 24.5 Å². The molecule has 0 atom stereocenters. The van der Waals surface area contributed by atoms with Crippen molar-refractivity contribution in [2.75, 3.05) is 38.2 Å². The number of para-hydroxylation sites is 1. The van der Waals surface area contributed by atoms with E-state index in [-0.39, 0.29) is 29.2 Å². The van der Waals surface area contributed by atoms with Crippen molar-refractivity contribution in [2.45, 2.75) is 11.8 Å². The molecule has 32 heavy (non-hydrogen) atoms. The van der Waals surface area contributed by atoms with Gasteiger partial charge >= 0.3 is 0 Å². The number of rotatable bonds is 8. The number of morpholine rings is 1. The van der Waals surface area contributed by atoms with Gasteiger partial charge in [-0.15, -0.1) is 0 Å². The van der Waals surface area contributed by atoms with Crippen LogP contribution in [0.15, 0.2) is 52.5 Å². The molecule has 2 aromatic carbocycles. The number of ether oxygens (including phenoxy) is 1. The standard InChI is InChI=1S/C20H22N4O7S/c1-15-6-7-17(12-19(15)32(28,29)23-8-10-30-11-9-23)22-20(25)14-31-21-13-16-4-2-3-5-18(16)24(26)27/h2-7,12-13H,8-11,14H2,1H3,(H,22,25)/b21-13+. The summed E-state index contributed by atoms with van der Waals surface area (Å²) in [5.41, 5.74) is 0.936. The highest BCUT2D eigenvalue weighted by Gasteiger charge is 2.28. The van der Waals surface area contributed by atoms with E-state index >= 15 is 0 Å². The molecule has 1 aliphatic rings. The first-order valence-electron chi connectivity index (χ1n) is 9.66. The summed E-state index contributed by atoms with van der Waals surface area (Å²) in [5, 5.41) is 17.1. The number of anilines is 1. The smallest absolute Gasteiger partial charge is 0.278 e. The Morgan fingerprint density at radius 3 is 2.72 bits per heavy atom. The number of nitrogens with zero attached hydrogens (tertiary/aromatic N) is 3. The van der Waals surface area contributed by atoms with Crippen LogP contribution in [0.5, 0.6) is 0 Å². The number of oxime groups is 1. The number of hydrogen-bond donors (Lipinski definition) is 1. The van der Waals surface area contributed by atoms with Crippen LogP contribution in [0.3, 0.4) is 0 Å². The minimum absolute atomic E-state index is 0.104. The molecule has 11 nitrogen and oxygen atoms in total. The molecule has 0 radical (unpaired) electrons. The van der Waals surface area contributed by atoms with Crippen LogP contribution in [0.25, 0.3) is 0 Å². The third-order valence-corrected chi connectivity index (χ3v) is 6.70. The van der Waals surface area contributed by atoms with Crippen LogP contribution in [0.2, 0.25) is 0 Å². The number of nitro groups is 1. The quantitative estimate of drug-likeness (QED) is 0.359. The largest absolute Gasteiger partial charge is 0.386 e. The zero-order chi connectivity index (χ0) is 23.1. The van der Waals surface area contributed by atoms with Crippen molar-refractivity contribution in [2.24, 2.45) is 5.16 Å². The van der Waals surface area contributed by atoms with Gasteiger partial charge in [-0.1, -0.05) is 23.4 Å². The summed E-state index contributed by atoms with van der Waals surface area (Å²) in [5.74, 6) is -0.566. The zero-order valence-corrected chi connectivity index (χ0v) is 18.1. The van der Waals surface area contributed by atoms with E-state index in [1.807, 2.05) is 0 Å². The van der Waals surface area contributed by atoms with E-state index in [4.69, 9.17) is 9.57 Å². The molecule has 0 aromatic heterocycles. The second-order valence-corrected chi connectivity index (χ2v) is 8.78. The summed E-state index contributed by atoms with van der Waals surface area (Å²) in [6, 6.07) is 10.6. The molecule has 1 amide bonds. The van der Waals surface area contributed by atoms with Crippen LogP contribution < -0.4 is 5.32 Å². The Hall–Kier alpha value is -3.35. The number of aryl methyl sites for hydroxylation is 1. The van der Waals surface area contributed by atoms with E-state index < -0.39 is 27.5 Å². The lowest BCUT2D eigenvalue weighted by Gasteiger charge is -2.26. The molecule has 0 bridgehead atoms. The van der Waals surface area contributed by atoms with Gasteiger partial charge in [0.25, 0.3) is 11.6 Å². The fourth-order valence-corrected chi connectivity index (χ4v) is 4.69. The van der Waals surface area contributed by atoms with Crippen molar-refractivity contribution in [1.82, 2.24) is 4.31 Å². The molecular formula is C20H22N4O7S. The fraction of sp³-hybridized carbons (Fsp3) is 0.300. The first-order chi connectivity index (χ1) is 15.3. The van der Waals surface area contributed by atoms with Gasteiger partial charge in [-0.25, -0.2) is 8.42 Å². The minimum Gasteiger partial charge on any atom is -0.386 e. The van der Waals surface area contributed by atoms with Gasteiger partial charge in [0.05, 0.1) is 34.8 Å². The summed E-state index contributed by atoms with van der Waals surface area (Å²) in [4.78, 5) is 27.6. The van der Waals surface area contributed by atoms with Crippen molar-refractivity contribution in [3.05, 3.63) is 63.7 Å². The number of nitro benzene ring substituents is 1. The van der Waals surface area contributed by atoms with Gasteiger partial charge in [-0.3, -0.25) is 14.9 Å². The van der Waals surface area contributed by atoms with E-state index in [2.05, 4.69) is 10.5 Å². The lowest BCUT2D eigenvalue weighted by atomic mass is 10.2. The van der Waals surface area contributed by atoms with Crippen molar-refractivity contribution >= 4 is 33.5 Å². The summed E-state index contributed by atoms with van der Waals surface area (Å²) >= 11 is 0. The van der Waals surface area contributed by atoms with Crippen LogP contribution in [0.4, 0.5) is 11.4 Å². The summed E-state index contributed by atoms with van der Waals surface area (Å²) in [6.45, 7) is 2.42. The molecule has 3 rings (SSSR count). The van der Waals surface area contributed by atoms with Gasteiger partial charge in [-0.2, -0.15) is 4.31 Å². The molecule has 0 spiro atoms. The van der Waals surface area contributed by atoms with Crippen molar-refractivity contribution in [1.29, 1.82) is 0 Å². The van der Waals surface area contributed by atoms with Crippen molar-refractivity contribution < 1.29 is 27.7 Å². The van der Waals surface area contributed by atoms with Crippen LogP contribution in [0, 0.1) is 17.0 Å². The minimum atomic E-state index is -3.72. The van der Waals surface area contributed by atoms with E-state index in [9.17, 15) is 23.3 Å². The molecular weight excluding hydrogens is 440 g/mol. The number of hydrogen-bond acceptors (Lipinski definition) is 8. The fourth-order valence-electron chi connectivity index (χ4n) is 3.03. The Morgan fingerprint density at radius 1 is 1.28 bits per heavy atom. The predicted octanol–water partition coefficient (Wildman–Crippen LogP) is 1.91. The molecule has 1 aliphatic heterocycles. The first-order valence-corrected chi connectivity index (χ1v) is 11.1. The van der Waals surface area contributed by atoms with E-state index in [0.717, 1.165) is 6.21 Å². The Balaban J connectivity index is 1.62. The van der Waals surface area contributed by atoms with E-state index in [1.165, 1.54) is 28.6 Å². The van der Waals surface area contributed by atoms with E-state index in [1.54, 1.807) is 25.1 Å². The van der Waals surface area contributed by atoms with Crippen LogP contribution >= 0.6 is 0 Å². The number of benzene rings is 2. The summed E-state index contributed by atoms with van der Waals surface area (Å²) < 4.78 is 32.4. The average Bonchev–Trinajstić information content (AvgIpc) is 2.78. The average molecular weight is 462 g/mol. The monoisotopic (exact) mass is 462 g/mol. The normalized spacial score (nSPS) is 14.9. The number of sulfonamides is 1. The van der Waals surface area contributed by atoms with Crippen LogP contribution in [-0.4, -0.2) is 62.7 Å². The highest BCUT2D eigenvalue weighted by Crippen LogP contribution is 2.24. The van der Waals surface area contributed by atoms with Crippen molar-refractivity contribution in [3.8, 4) is 0 Å². The molecule has 0 saturated carbocycles. The molecule has 1 heterocycles. The maximum atomic E-state index is 12.9. The Labute approximate surface area is 184 Å². The summed E-state index contributed by atoms with van der Waals surface area (Å²) in [7, 11) is -3.72. The molecule has 2 aromatic rings. The molecule has 1 saturated heterocycles. The topological polar surface area (TPSA) is 140 Å². The second kappa shape index (κ2) is 10.3. The van der Waals surface area contributed by atoms with Gasteiger partial charge in [-0.05, 0) is 30.7 Å². The van der Waals surface area contributed by atoms with Gasteiger partial charge < -0.3 is 14.9 Å². The van der Waals surface area contributed by atoms with Gasteiger partial charge in [0.1, 0.15) is 0 Å². The maximum Gasteiger partial charge on any atom is 0.278 e. The molecule has 0 aliphatic carbocycles.